The van der Waals surface area contributed by atoms with Crippen molar-refractivity contribution in [3.05, 3.63) is 59.7 Å². The highest BCUT2D eigenvalue weighted by molar-refractivity contribution is 7.20. The third-order valence-electron chi connectivity index (χ3n) is 4.20. The molecule has 2 heterocycles. The highest BCUT2D eigenvalue weighted by atomic mass is 32.1. The molecule has 142 valence electrons. The van der Waals surface area contributed by atoms with E-state index >= 15 is 0 Å². The van der Waals surface area contributed by atoms with E-state index in [9.17, 15) is 4.79 Å². The van der Waals surface area contributed by atoms with Gasteiger partial charge in [0.15, 0.2) is 11.9 Å². The Morgan fingerprint density at radius 3 is 2.64 bits per heavy atom. The Kier molecular flexibility index (Phi) is 4.79. The molecule has 0 aliphatic carbocycles. The van der Waals surface area contributed by atoms with Crippen molar-refractivity contribution in [3.8, 4) is 17.1 Å². The van der Waals surface area contributed by atoms with Crippen molar-refractivity contribution >= 4 is 27.3 Å². The summed E-state index contributed by atoms with van der Waals surface area (Å²) in [5.74, 6) is 1.01. The molecule has 0 spiro atoms. The summed E-state index contributed by atoms with van der Waals surface area (Å²) >= 11 is 1.26. The normalized spacial score (nSPS) is 12.1. The number of nitrogens with zero attached hydrogens (tertiary/aromatic N) is 4. The first-order valence-corrected chi connectivity index (χ1v) is 9.65. The minimum atomic E-state index is -0.659. The van der Waals surface area contributed by atoms with Crippen LogP contribution in [0, 0.1) is 13.8 Å². The molecule has 0 saturated heterocycles. The van der Waals surface area contributed by atoms with Gasteiger partial charge in [0.1, 0.15) is 5.75 Å². The average Bonchev–Trinajstić information content (AvgIpc) is 3.23. The fraction of sp³-hybridized carbons (Fsp3) is 0.200. The van der Waals surface area contributed by atoms with Crippen molar-refractivity contribution in [2.45, 2.75) is 26.9 Å². The summed E-state index contributed by atoms with van der Waals surface area (Å²) in [7, 11) is 0. The molecule has 1 atom stereocenters. The Morgan fingerprint density at radius 2 is 1.89 bits per heavy atom. The maximum atomic E-state index is 12.5. The Balaban J connectivity index is 1.50. The molecular formula is C20H19N5O2S. The minimum absolute atomic E-state index is 0.275. The van der Waals surface area contributed by atoms with Gasteiger partial charge in [-0.3, -0.25) is 10.1 Å². The number of aromatic nitrogens is 4. The van der Waals surface area contributed by atoms with Crippen LogP contribution in [0.5, 0.6) is 5.75 Å². The maximum Gasteiger partial charge on any atom is 0.266 e. The second-order valence-electron chi connectivity index (χ2n) is 6.56. The summed E-state index contributed by atoms with van der Waals surface area (Å²) in [6.07, 6.45) is -0.659. The lowest BCUT2D eigenvalue weighted by Gasteiger charge is -2.13. The van der Waals surface area contributed by atoms with E-state index in [0.717, 1.165) is 16.7 Å². The SMILES string of the molecule is Cc1ccc(OC(C)C(=O)Nc2nn3c(-c4cccc(C)c4)nnc3s2)cc1. The Morgan fingerprint density at radius 1 is 1.11 bits per heavy atom. The fourth-order valence-corrected chi connectivity index (χ4v) is 3.46. The summed E-state index contributed by atoms with van der Waals surface area (Å²) < 4.78 is 7.33. The molecule has 1 unspecified atom stereocenters. The van der Waals surface area contributed by atoms with Gasteiger partial charge in [0.2, 0.25) is 10.1 Å². The number of rotatable bonds is 5. The molecular weight excluding hydrogens is 374 g/mol. The molecule has 1 N–H and O–H groups in total. The van der Waals surface area contributed by atoms with Crippen LogP contribution in [0.2, 0.25) is 0 Å². The first-order chi connectivity index (χ1) is 13.5. The second-order valence-corrected chi connectivity index (χ2v) is 7.51. The van der Waals surface area contributed by atoms with E-state index < -0.39 is 6.10 Å². The van der Waals surface area contributed by atoms with Crippen LogP contribution in [0.25, 0.3) is 16.3 Å². The van der Waals surface area contributed by atoms with Gasteiger partial charge >= 0.3 is 0 Å². The molecule has 2 aromatic heterocycles. The van der Waals surface area contributed by atoms with E-state index in [1.54, 1.807) is 11.4 Å². The van der Waals surface area contributed by atoms with Crippen LogP contribution in [0.15, 0.2) is 48.5 Å². The lowest BCUT2D eigenvalue weighted by molar-refractivity contribution is -0.122. The molecule has 1 amide bonds. The Labute approximate surface area is 166 Å². The van der Waals surface area contributed by atoms with E-state index in [0.29, 0.717) is 21.7 Å². The number of carbonyl (C=O) groups excluding carboxylic acids is 1. The number of anilines is 1. The van der Waals surface area contributed by atoms with Crippen molar-refractivity contribution in [1.82, 2.24) is 19.8 Å². The van der Waals surface area contributed by atoms with E-state index in [4.69, 9.17) is 4.74 Å². The molecule has 0 radical (unpaired) electrons. The molecule has 0 saturated carbocycles. The number of aryl methyl sites for hydroxylation is 2. The zero-order valence-corrected chi connectivity index (χ0v) is 16.5. The largest absolute Gasteiger partial charge is 0.481 e. The van der Waals surface area contributed by atoms with Crippen molar-refractivity contribution in [1.29, 1.82) is 0 Å². The number of hydrogen-bond donors (Lipinski definition) is 1. The Hall–Kier alpha value is -3.26. The van der Waals surface area contributed by atoms with E-state index in [1.807, 2.05) is 62.4 Å². The van der Waals surface area contributed by atoms with Gasteiger partial charge in [-0.2, -0.15) is 4.52 Å². The monoisotopic (exact) mass is 393 g/mol. The van der Waals surface area contributed by atoms with Crippen LogP contribution in [0.3, 0.4) is 0 Å². The molecule has 0 aliphatic rings. The molecule has 28 heavy (non-hydrogen) atoms. The topological polar surface area (TPSA) is 81.4 Å². The molecule has 0 fully saturated rings. The first-order valence-electron chi connectivity index (χ1n) is 8.83. The third kappa shape index (κ3) is 3.72. The number of hydrogen-bond acceptors (Lipinski definition) is 6. The number of ether oxygens (including phenoxy) is 1. The van der Waals surface area contributed by atoms with Crippen LogP contribution in [0.1, 0.15) is 18.1 Å². The molecule has 0 aliphatic heterocycles. The zero-order chi connectivity index (χ0) is 19.7. The van der Waals surface area contributed by atoms with Gasteiger partial charge in [-0.05, 0) is 39.0 Å². The van der Waals surface area contributed by atoms with Crippen LogP contribution in [-0.4, -0.2) is 31.8 Å². The van der Waals surface area contributed by atoms with Crippen molar-refractivity contribution < 1.29 is 9.53 Å². The van der Waals surface area contributed by atoms with Gasteiger partial charge in [-0.1, -0.05) is 52.8 Å². The smallest absolute Gasteiger partial charge is 0.266 e. The highest BCUT2D eigenvalue weighted by Gasteiger charge is 2.19. The molecule has 8 heteroatoms. The quantitative estimate of drug-likeness (QED) is 0.557. The molecule has 4 aromatic rings. The fourth-order valence-electron chi connectivity index (χ4n) is 2.71. The standard InChI is InChI=1S/C20H19N5O2S/c1-12-7-9-16(10-8-12)27-14(3)18(26)21-19-24-25-17(22-23-20(25)28-19)15-6-4-5-13(2)11-15/h4-11,14H,1-3H3,(H,21,24,26). The molecule has 2 aromatic carbocycles. The summed E-state index contributed by atoms with van der Waals surface area (Å²) in [5.41, 5.74) is 3.18. The van der Waals surface area contributed by atoms with Crippen LogP contribution in [0.4, 0.5) is 5.13 Å². The summed E-state index contributed by atoms with van der Waals surface area (Å²) in [5, 5.41) is 16.1. The third-order valence-corrected chi connectivity index (χ3v) is 5.01. The van der Waals surface area contributed by atoms with E-state index in [2.05, 4.69) is 20.6 Å². The van der Waals surface area contributed by atoms with Crippen molar-refractivity contribution in [2.75, 3.05) is 5.32 Å². The van der Waals surface area contributed by atoms with Gasteiger partial charge in [0.25, 0.3) is 5.91 Å². The van der Waals surface area contributed by atoms with Gasteiger partial charge in [0, 0.05) is 5.56 Å². The number of fused-ring (bicyclic) bond motifs is 1. The van der Waals surface area contributed by atoms with Gasteiger partial charge in [-0.25, -0.2) is 0 Å². The molecule has 7 nitrogen and oxygen atoms in total. The van der Waals surface area contributed by atoms with Crippen LogP contribution in [-0.2, 0) is 4.79 Å². The van der Waals surface area contributed by atoms with Gasteiger partial charge in [-0.15, -0.1) is 15.3 Å². The second kappa shape index (κ2) is 7.40. The number of nitrogens with one attached hydrogen (secondary N) is 1. The van der Waals surface area contributed by atoms with E-state index in [-0.39, 0.29) is 5.91 Å². The highest BCUT2D eigenvalue weighted by Crippen LogP contribution is 2.25. The predicted molar refractivity (Wildman–Crippen MR) is 109 cm³/mol. The first kappa shape index (κ1) is 18.1. The van der Waals surface area contributed by atoms with Crippen molar-refractivity contribution in [3.63, 3.8) is 0 Å². The summed E-state index contributed by atoms with van der Waals surface area (Å²) in [4.78, 5) is 13.1. The number of carbonyl (C=O) groups is 1. The van der Waals surface area contributed by atoms with Gasteiger partial charge < -0.3 is 4.74 Å². The van der Waals surface area contributed by atoms with Crippen molar-refractivity contribution in [2.24, 2.45) is 0 Å². The summed E-state index contributed by atoms with van der Waals surface area (Å²) in [6.45, 7) is 5.72. The molecule has 4 rings (SSSR count). The zero-order valence-electron chi connectivity index (χ0n) is 15.7. The lowest BCUT2D eigenvalue weighted by Crippen LogP contribution is -2.30. The van der Waals surface area contributed by atoms with Crippen LogP contribution >= 0.6 is 11.3 Å². The average molecular weight is 393 g/mol. The number of benzene rings is 2. The predicted octanol–water partition coefficient (Wildman–Crippen LogP) is 3.88. The van der Waals surface area contributed by atoms with Gasteiger partial charge in [0.05, 0.1) is 0 Å². The molecule has 0 bridgehead atoms. The Bertz CT molecular complexity index is 1130. The minimum Gasteiger partial charge on any atom is -0.481 e. The van der Waals surface area contributed by atoms with Crippen LogP contribution < -0.4 is 10.1 Å². The maximum absolute atomic E-state index is 12.5. The van der Waals surface area contributed by atoms with E-state index in [1.165, 1.54) is 11.3 Å². The number of amides is 1. The summed E-state index contributed by atoms with van der Waals surface area (Å²) in [6, 6.07) is 15.5. The lowest BCUT2D eigenvalue weighted by atomic mass is 10.1.